The number of alkyl halides is 1. The molecule has 1 rings (SSSR count). The van der Waals surface area contributed by atoms with Gasteiger partial charge in [-0.05, 0) is 18.8 Å². The van der Waals surface area contributed by atoms with Crippen LogP contribution >= 0.6 is 15.9 Å². The van der Waals surface area contributed by atoms with Crippen molar-refractivity contribution in [3.05, 3.63) is 12.2 Å². The molecule has 0 heterocycles. The second-order valence-electron chi connectivity index (χ2n) is 3.82. The summed E-state index contributed by atoms with van der Waals surface area (Å²) in [6.07, 6.45) is 8.77. The van der Waals surface area contributed by atoms with Gasteiger partial charge in [-0.1, -0.05) is 41.3 Å². The van der Waals surface area contributed by atoms with Crippen LogP contribution in [0.1, 0.15) is 32.1 Å². The maximum atomic E-state index is 9.96. The third-order valence-electron chi connectivity index (χ3n) is 2.81. The van der Waals surface area contributed by atoms with Crippen LogP contribution < -0.4 is 0 Å². The van der Waals surface area contributed by atoms with Gasteiger partial charge in [-0.25, -0.2) is 0 Å². The molecule has 2 atom stereocenters. The Morgan fingerprint density at radius 2 is 2.00 bits per heavy atom. The normalized spacial score (nSPS) is 23.2. The Bertz CT molecular complexity index is 228. The van der Waals surface area contributed by atoms with Crippen LogP contribution in [-0.2, 0) is 0 Å². The molecular formula is C11H16BrNO. The van der Waals surface area contributed by atoms with Gasteiger partial charge in [-0.3, -0.25) is 0 Å². The Morgan fingerprint density at radius 3 is 2.57 bits per heavy atom. The summed E-state index contributed by atoms with van der Waals surface area (Å²) >= 11 is 3.39. The minimum absolute atomic E-state index is 0.0785. The predicted molar refractivity (Wildman–Crippen MR) is 60.0 cm³/mol. The van der Waals surface area contributed by atoms with Crippen molar-refractivity contribution in [2.24, 2.45) is 5.92 Å². The zero-order valence-electron chi connectivity index (χ0n) is 8.19. The summed E-state index contributed by atoms with van der Waals surface area (Å²) in [5.41, 5.74) is 0. The van der Waals surface area contributed by atoms with Crippen molar-refractivity contribution in [1.29, 1.82) is 5.26 Å². The number of aliphatic hydroxyl groups is 1. The molecule has 78 valence electrons. The Labute approximate surface area is 93.7 Å². The lowest BCUT2D eigenvalue weighted by molar-refractivity contribution is 0.0929. The lowest BCUT2D eigenvalue weighted by Crippen LogP contribution is -2.29. The van der Waals surface area contributed by atoms with Crippen molar-refractivity contribution in [3.63, 3.8) is 0 Å². The van der Waals surface area contributed by atoms with Gasteiger partial charge in [-0.2, -0.15) is 5.26 Å². The molecule has 0 saturated heterocycles. The fourth-order valence-corrected chi connectivity index (χ4v) is 2.57. The number of aliphatic hydroxyl groups excluding tert-OH is 1. The second kappa shape index (κ2) is 6.21. The number of nitrogens with zero attached hydrogens (tertiary/aromatic N) is 1. The summed E-state index contributed by atoms with van der Waals surface area (Å²) in [5.74, 6) is 0.400. The van der Waals surface area contributed by atoms with Gasteiger partial charge in [0.1, 0.15) is 0 Å². The molecule has 1 N–H and O–H groups in total. The van der Waals surface area contributed by atoms with Gasteiger partial charge in [-0.15, -0.1) is 0 Å². The average molecular weight is 258 g/mol. The first-order valence-electron chi connectivity index (χ1n) is 5.14. The summed E-state index contributed by atoms with van der Waals surface area (Å²) < 4.78 is 0. The second-order valence-corrected chi connectivity index (χ2v) is 4.88. The lowest BCUT2D eigenvalue weighted by atomic mass is 9.84. The minimum Gasteiger partial charge on any atom is -0.391 e. The Kier molecular flexibility index (Phi) is 5.21. The zero-order chi connectivity index (χ0) is 10.4. The number of halogens is 1. The van der Waals surface area contributed by atoms with Crippen molar-refractivity contribution < 1.29 is 5.11 Å². The van der Waals surface area contributed by atoms with E-state index in [0.29, 0.717) is 5.92 Å². The Hall–Kier alpha value is -0.330. The highest BCUT2D eigenvalue weighted by atomic mass is 79.9. The molecule has 3 heteroatoms. The summed E-state index contributed by atoms with van der Waals surface area (Å²) in [4.78, 5) is -0.0785. The molecule has 1 saturated carbocycles. The van der Waals surface area contributed by atoms with Gasteiger partial charge in [0.2, 0.25) is 0 Å². The van der Waals surface area contributed by atoms with E-state index in [1.54, 1.807) is 6.08 Å². The fraction of sp³-hybridized carbons (Fsp3) is 0.727. The first-order valence-corrected chi connectivity index (χ1v) is 6.05. The van der Waals surface area contributed by atoms with Gasteiger partial charge in [0.05, 0.1) is 17.0 Å². The van der Waals surface area contributed by atoms with Crippen LogP contribution in [0.5, 0.6) is 0 Å². The van der Waals surface area contributed by atoms with Gasteiger partial charge >= 0.3 is 0 Å². The van der Waals surface area contributed by atoms with Crippen LogP contribution in [0.2, 0.25) is 0 Å². The highest BCUT2D eigenvalue weighted by Crippen LogP contribution is 2.29. The number of allylic oxidation sites excluding steroid dienone is 1. The van der Waals surface area contributed by atoms with Gasteiger partial charge in [0, 0.05) is 6.08 Å². The van der Waals surface area contributed by atoms with Crippen LogP contribution in [0.15, 0.2) is 12.2 Å². The van der Waals surface area contributed by atoms with E-state index in [1.807, 2.05) is 6.07 Å². The minimum atomic E-state index is -0.347. The molecule has 0 aromatic heterocycles. The summed E-state index contributed by atoms with van der Waals surface area (Å²) in [6, 6.07) is 1.93. The molecule has 0 unspecified atom stereocenters. The topological polar surface area (TPSA) is 44.0 Å². The summed E-state index contributed by atoms with van der Waals surface area (Å²) in [5, 5.41) is 18.3. The molecule has 0 aromatic rings. The third-order valence-corrected chi connectivity index (χ3v) is 3.66. The molecule has 0 spiro atoms. The van der Waals surface area contributed by atoms with Crippen LogP contribution in [0.4, 0.5) is 0 Å². The van der Waals surface area contributed by atoms with E-state index in [0.717, 1.165) is 12.8 Å². The van der Waals surface area contributed by atoms with Gasteiger partial charge in [0.15, 0.2) is 0 Å². The van der Waals surface area contributed by atoms with Crippen LogP contribution in [0.25, 0.3) is 0 Å². The van der Waals surface area contributed by atoms with Crippen molar-refractivity contribution >= 4 is 15.9 Å². The van der Waals surface area contributed by atoms with Crippen LogP contribution in [0.3, 0.4) is 0 Å². The first-order chi connectivity index (χ1) is 6.75. The van der Waals surface area contributed by atoms with Crippen molar-refractivity contribution in [1.82, 2.24) is 0 Å². The summed E-state index contributed by atoms with van der Waals surface area (Å²) in [6.45, 7) is 0. The highest BCUT2D eigenvalue weighted by Gasteiger charge is 2.25. The molecule has 2 nitrogen and oxygen atoms in total. The zero-order valence-corrected chi connectivity index (χ0v) is 9.78. The lowest BCUT2D eigenvalue weighted by Gasteiger charge is -2.28. The number of nitriles is 1. The number of rotatable bonds is 3. The molecule has 0 aliphatic heterocycles. The molecule has 1 aliphatic carbocycles. The molecule has 1 aliphatic rings. The largest absolute Gasteiger partial charge is 0.391 e. The Morgan fingerprint density at radius 1 is 1.36 bits per heavy atom. The average Bonchev–Trinajstić information content (AvgIpc) is 2.26. The first kappa shape index (κ1) is 11.7. The summed E-state index contributed by atoms with van der Waals surface area (Å²) in [7, 11) is 0. The van der Waals surface area contributed by atoms with Gasteiger partial charge < -0.3 is 5.11 Å². The van der Waals surface area contributed by atoms with Crippen molar-refractivity contribution in [2.75, 3.05) is 0 Å². The molecule has 14 heavy (non-hydrogen) atoms. The molecule has 1 fully saturated rings. The van der Waals surface area contributed by atoms with Crippen LogP contribution in [0, 0.1) is 17.2 Å². The quantitative estimate of drug-likeness (QED) is 0.624. The molecular weight excluding hydrogens is 242 g/mol. The van der Waals surface area contributed by atoms with E-state index in [1.165, 1.54) is 25.3 Å². The molecule has 0 amide bonds. The van der Waals surface area contributed by atoms with Crippen molar-refractivity contribution in [3.8, 4) is 6.07 Å². The van der Waals surface area contributed by atoms with E-state index in [2.05, 4.69) is 15.9 Å². The number of hydrogen-bond donors (Lipinski definition) is 1. The Balaban J connectivity index is 2.42. The third kappa shape index (κ3) is 3.43. The van der Waals surface area contributed by atoms with E-state index in [9.17, 15) is 5.11 Å². The smallest absolute Gasteiger partial charge is 0.0909 e. The molecule has 0 bridgehead atoms. The SMILES string of the molecule is N#C/C=C/[C@H](Br)[C@H](O)C1CCCCC1. The highest BCUT2D eigenvalue weighted by molar-refractivity contribution is 9.09. The fourth-order valence-electron chi connectivity index (χ4n) is 1.98. The maximum absolute atomic E-state index is 9.96. The van der Waals surface area contributed by atoms with E-state index < -0.39 is 0 Å². The van der Waals surface area contributed by atoms with E-state index in [4.69, 9.17) is 5.26 Å². The monoisotopic (exact) mass is 257 g/mol. The van der Waals surface area contributed by atoms with Crippen molar-refractivity contribution in [2.45, 2.75) is 43.0 Å². The maximum Gasteiger partial charge on any atom is 0.0909 e. The molecule has 0 radical (unpaired) electrons. The number of hydrogen-bond acceptors (Lipinski definition) is 2. The van der Waals surface area contributed by atoms with E-state index >= 15 is 0 Å². The standard InChI is InChI=1S/C11H16BrNO/c12-10(7-4-8-13)11(14)9-5-2-1-3-6-9/h4,7,9-11,14H,1-3,5-6H2/b7-4+/t10-,11+/m0/s1. The predicted octanol–water partition coefficient (Wildman–Crippen LogP) is 2.77. The van der Waals surface area contributed by atoms with Gasteiger partial charge in [0.25, 0.3) is 0 Å². The molecule has 0 aromatic carbocycles. The van der Waals surface area contributed by atoms with Crippen LogP contribution in [-0.4, -0.2) is 16.0 Å². The van der Waals surface area contributed by atoms with E-state index in [-0.39, 0.29) is 10.9 Å².